The summed E-state index contributed by atoms with van der Waals surface area (Å²) in [7, 11) is 1.73. The molecule has 5 rings (SSSR count). The van der Waals surface area contributed by atoms with Crippen molar-refractivity contribution in [3.8, 4) is 0 Å². The monoisotopic (exact) mass is 380 g/mol. The Labute approximate surface area is 161 Å². The van der Waals surface area contributed by atoms with Crippen LogP contribution >= 0.6 is 11.3 Å². The SMILES string of the molecule is CN(Cc1csc2ccccc12)C(=O)CN1C(=O)[C@H]2[C@H](C1=O)[C@H]1C=C[C@H]2C1. The van der Waals surface area contributed by atoms with Crippen LogP contribution in [0.5, 0.6) is 0 Å². The first-order valence-electron chi connectivity index (χ1n) is 9.27. The molecule has 2 fully saturated rings. The van der Waals surface area contributed by atoms with Gasteiger partial charge in [-0.1, -0.05) is 30.4 Å². The van der Waals surface area contributed by atoms with Crippen molar-refractivity contribution in [3.63, 3.8) is 0 Å². The molecule has 27 heavy (non-hydrogen) atoms. The van der Waals surface area contributed by atoms with Crippen LogP contribution in [0.3, 0.4) is 0 Å². The van der Waals surface area contributed by atoms with Gasteiger partial charge in [0.25, 0.3) is 0 Å². The molecule has 5 nitrogen and oxygen atoms in total. The maximum absolute atomic E-state index is 12.7. The molecule has 1 aromatic carbocycles. The van der Waals surface area contributed by atoms with Crippen LogP contribution in [-0.2, 0) is 20.9 Å². The fraction of sp³-hybridized carbons (Fsp3) is 0.381. The van der Waals surface area contributed by atoms with Gasteiger partial charge in [-0.3, -0.25) is 19.3 Å². The number of benzene rings is 1. The van der Waals surface area contributed by atoms with Gasteiger partial charge in [0.15, 0.2) is 0 Å². The smallest absolute Gasteiger partial charge is 0.242 e. The highest BCUT2D eigenvalue weighted by Crippen LogP contribution is 2.52. The summed E-state index contributed by atoms with van der Waals surface area (Å²) in [5.41, 5.74) is 1.09. The van der Waals surface area contributed by atoms with Crippen molar-refractivity contribution in [2.24, 2.45) is 23.7 Å². The van der Waals surface area contributed by atoms with Gasteiger partial charge < -0.3 is 4.90 Å². The number of hydrogen-bond acceptors (Lipinski definition) is 4. The van der Waals surface area contributed by atoms with Gasteiger partial charge in [-0.2, -0.15) is 0 Å². The molecule has 1 aliphatic heterocycles. The molecule has 0 spiro atoms. The van der Waals surface area contributed by atoms with E-state index >= 15 is 0 Å². The molecular weight excluding hydrogens is 360 g/mol. The maximum Gasteiger partial charge on any atom is 0.242 e. The van der Waals surface area contributed by atoms with Crippen molar-refractivity contribution in [2.45, 2.75) is 13.0 Å². The molecule has 2 heterocycles. The summed E-state index contributed by atoms with van der Waals surface area (Å²) in [6, 6.07) is 8.11. The third-order valence-corrected chi connectivity index (χ3v) is 7.26. The Kier molecular flexibility index (Phi) is 3.72. The van der Waals surface area contributed by atoms with E-state index in [0.29, 0.717) is 6.54 Å². The summed E-state index contributed by atoms with van der Waals surface area (Å²) < 4.78 is 1.19. The molecule has 1 aromatic heterocycles. The molecule has 0 unspecified atom stereocenters. The zero-order chi connectivity index (χ0) is 18.7. The lowest BCUT2D eigenvalue weighted by Gasteiger charge is -2.22. The van der Waals surface area contributed by atoms with E-state index in [4.69, 9.17) is 0 Å². The standard InChI is InChI=1S/C21H20N2O3S/c1-22(9-14-11-27-16-5-3-2-4-15(14)16)17(24)10-23-20(25)18-12-6-7-13(8-12)19(18)21(23)26/h2-7,11-13,18-19H,8-10H2,1H3/t12-,13-,18+,19+/m0/s1. The largest absolute Gasteiger partial charge is 0.340 e. The highest BCUT2D eigenvalue weighted by atomic mass is 32.1. The van der Waals surface area contributed by atoms with Crippen LogP contribution in [0.25, 0.3) is 10.1 Å². The minimum Gasteiger partial charge on any atom is -0.340 e. The molecule has 2 aliphatic carbocycles. The Balaban J connectivity index is 1.29. The van der Waals surface area contributed by atoms with Gasteiger partial charge >= 0.3 is 0 Å². The summed E-state index contributed by atoms with van der Waals surface area (Å²) in [5, 5.41) is 3.21. The number of amides is 3. The average Bonchev–Trinajstić information content (AvgIpc) is 3.42. The lowest BCUT2D eigenvalue weighted by atomic mass is 9.85. The lowest BCUT2D eigenvalue weighted by molar-refractivity contribution is -0.146. The predicted octanol–water partition coefficient (Wildman–Crippen LogP) is 2.67. The van der Waals surface area contributed by atoms with E-state index < -0.39 is 0 Å². The number of thiophene rings is 1. The van der Waals surface area contributed by atoms with Crippen LogP contribution in [0.4, 0.5) is 0 Å². The first kappa shape index (κ1) is 16.7. The molecule has 0 radical (unpaired) electrons. The van der Waals surface area contributed by atoms with Crippen molar-refractivity contribution in [1.29, 1.82) is 0 Å². The summed E-state index contributed by atoms with van der Waals surface area (Å²) >= 11 is 1.66. The predicted molar refractivity (Wildman–Crippen MR) is 103 cm³/mol. The first-order chi connectivity index (χ1) is 13.0. The van der Waals surface area contributed by atoms with Crippen LogP contribution in [0, 0.1) is 23.7 Å². The Morgan fingerprint density at radius 3 is 2.52 bits per heavy atom. The fourth-order valence-electron chi connectivity index (χ4n) is 4.87. The van der Waals surface area contributed by atoms with Gasteiger partial charge in [0.1, 0.15) is 6.54 Å². The second kappa shape index (κ2) is 6.02. The molecule has 4 atom stereocenters. The molecular formula is C21H20N2O3S. The summed E-state index contributed by atoms with van der Waals surface area (Å²) in [4.78, 5) is 41.0. The van der Waals surface area contributed by atoms with E-state index in [-0.39, 0.29) is 47.9 Å². The highest BCUT2D eigenvalue weighted by Gasteiger charge is 2.59. The number of carbonyl (C=O) groups excluding carboxylic acids is 3. The molecule has 6 heteroatoms. The second-order valence-corrected chi connectivity index (χ2v) is 8.68. The average molecular weight is 380 g/mol. The van der Waals surface area contributed by atoms with Gasteiger partial charge in [-0.05, 0) is 40.7 Å². The van der Waals surface area contributed by atoms with Crippen molar-refractivity contribution in [3.05, 3.63) is 47.4 Å². The third kappa shape index (κ3) is 2.46. The Bertz CT molecular complexity index is 964. The third-order valence-electron chi connectivity index (χ3n) is 6.25. The number of carbonyl (C=O) groups is 3. The molecule has 1 saturated heterocycles. The Hall–Kier alpha value is -2.47. The number of imide groups is 1. The van der Waals surface area contributed by atoms with Gasteiger partial charge in [0.05, 0.1) is 11.8 Å². The number of fused-ring (bicyclic) bond motifs is 6. The fourth-order valence-corrected chi connectivity index (χ4v) is 5.83. The van der Waals surface area contributed by atoms with Gasteiger partial charge in [-0.25, -0.2) is 0 Å². The molecule has 138 valence electrons. The normalized spacial score (nSPS) is 28.4. The quantitative estimate of drug-likeness (QED) is 0.605. The van der Waals surface area contributed by atoms with Crippen LogP contribution in [0.2, 0.25) is 0 Å². The van der Waals surface area contributed by atoms with E-state index in [0.717, 1.165) is 17.4 Å². The Morgan fingerprint density at radius 2 is 1.81 bits per heavy atom. The maximum atomic E-state index is 12.7. The van der Waals surface area contributed by atoms with Gasteiger partial charge in [0.2, 0.25) is 17.7 Å². The number of allylic oxidation sites excluding steroid dienone is 2. The molecule has 2 aromatic rings. The van der Waals surface area contributed by atoms with E-state index in [2.05, 4.69) is 29.7 Å². The zero-order valence-corrected chi connectivity index (χ0v) is 15.8. The number of likely N-dealkylation sites (N-methyl/N-ethyl adjacent to an activating group) is 1. The molecule has 0 N–H and O–H groups in total. The van der Waals surface area contributed by atoms with Gasteiger partial charge in [0, 0.05) is 18.3 Å². The number of nitrogens with zero attached hydrogens (tertiary/aromatic N) is 2. The molecule has 2 bridgehead atoms. The molecule has 3 aliphatic rings. The number of hydrogen-bond donors (Lipinski definition) is 0. The summed E-state index contributed by atoms with van der Waals surface area (Å²) in [6.07, 6.45) is 5.03. The van der Waals surface area contributed by atoms with E-state index in [9.17, 15) is 14.4 Å². The first-order valence-corrected chi connectivity index (χ1v) is 10.1. The van der Waals surface area contributed by atoms with E-state index in [1.54, 1.807) is 23.3 Å². The van der Waals surface area contributed by atoms with Crippen LogP contribution in [0.15, 0.2) is 41.8 Å². The van der Waals surface area contributed by atoms with E-state index in [1.807, 2.05) is 12.1 Å². The summed E-state index contributed by atoms with van der Waals surface area (Å²) in [6.45, 7) is 0.321. The van der Waals surface area contributed by atoms with Crippen LogP contribution < -0.4 is 0 Å². The van der Waals surface area contributed by atoms with Crippen LogP contribution in [0.1, 0.15) is 12.0 Å². The number of likely N-dealkylation sites (tertiary alicyclic amines) is 1. The van der Waals surface area contributed by atoms with Crippen molar-refractivity contribution in [1.82, 2.24) is 9.80 Å². The zero-order valence-electron chi connectivity index (χ0n) is 15.0. The minimum absolute atomic E-state index is 0.150. The molecule has 1 saturated carbocycles. The van der Waals surface area contributed by atoms with Crippen molar-refractivity contribution in [2.75, 3.05) is 13.6 Å². The van der Waals surface area contributed by atoms with Crippen LogP contribution in [-0.4, -0.2) is 41.1 Å². The Morgan fingerprint density at radius 1 is 1.15 bits per heavy atom. The summed E-state index contributed by atoms with van der Waals surface area (Å²) in [5.74, 6) is -0.669. The van der Waals surface area contributed by atoms with Gasteiger partial charge in [-0.15, -0.1) is 11.3 Å². The topological polar surface area (TPSA) is 57.7 Å². The second-order valence-electron chi connectivity index (χ2n) is 7.77. The van der Waals surface area contributed by atoms with E-state index in [1.165, 1.54) is 9.60 Å². The van der Waals surface area contributed by atoms with Crippen molar-refractivity contribution < 1.29 is 14.4 Å². The lowest BCUT2D eigenvalue weighted by Crippen LogP contribution is -2.42. The molecule has 3 amide bonds. The highest BCUT2D eigenvalue weighted by molar-refractivity contribution is 7.17. The number of rotatable bonds is 4. The minimum atomic E-state index is -0.244. The van der Waals surface area contributed by atoms with Crippen molar-refractivity contribution >= 4 is 39.1 Å².